The van der Waals surface area contributed by atoms with Crippen molar-refractivity contribution >= 4 is 0 Å². The molecule has 0 amide bonds. The molecule has 1 aliphatic carbocycles. The van der Waals surface area contributed by atoms with Crippen molar-refractivity contribution in [3.63, 3.8) is 0 Å². The Balaban J connectivity index is 2.76. The van der Waals surface area contributed by atoms with E-state index in [9.17, 15) is 4.39 Å². The Kier molecular flexibility index (Phi) is 9.08. The minimum Gasteiger partial charge on any atom is -0.382 e. The van der Waals surface area contributed by atoms with Crippen molar-refractivity contribution in [2.45, 2.75) is 65.1 Å². The minimum atomic E-state index is -1.04. The summed E-state index contributed by atoms with van der Waals surface area (Å²) in [5.41, 5.74) is 2.27. The summed E-state index contributed by atoms with van der Waals surface area (Å²) in [4.78, 5) is 2.24. The van der Waals surface area contributed by atoms with E-state index < -0.39 is 5.67 Å². The third-order valence-electron chi connectivity index (χ3n) is 5.29. The number of halogens is 1. The monoisotopic (exact) mass is 374 g/mol. The zero-order valence-electron chi connectivity index (χ0n) is 18.0. The number of alkyl halides is 1. The highest BCUT2D eigenvalue weighted by Crippen LogP contribution is 2.43. The topological polar surface area (TPSA) is 15.3 Å². The highest BCUT2D eigenvalue weighted by atomic mass is 19.1. The zero-order chi connectivity index (χ0) is 20.6. The summed E-state index contributed by atoms with van der Waals surface area (Å²) in [5.74, 6) is 0.821. The van der Waals surface area contributed by atoms with E-state index in [2.05, 4.69) is 63.0 Å². The average Bonchev–Trinajstić information content (AvgIpc) is 2.56. The molecule has 0 heterocycles. The second kappa shape index (κ2) is 10.5. The largest absolute Gasteiger partial charge is 0.382 e. The highest BCUT2D eigenvalue weighted by molar-refractivity contribution is 5.28. The van der Waals surface area contributed by atoms with E-state index in [4.69, 9.17) is 0 Å². The van der Waals surface area contributed by atoms with Crippen LogP contribution in [-0.2, 0) is 0 Å². The van der Waals surface area contributed by atoms with Gasteiger partial charge >= 0.3 is 0 Å². The first kappa shape index (κ1) is 23.3. The standard InChI is InChI=1S/C24H39FN2/c1-9-11-12-21(10-2)23(13-14-27(8)19(5)15-18(3)4)26-20(6)22-16-24(7,25)17-22/h9-12,18,22-23,26H,1,5-6,13-17H2,2-4,7-8H3/b12-11-,21-10+. The Morgan fingerprint density at radius 2 is 1.96 bits per heavy atom. The van der Waals surface area contributed by atoms with Crippen LogP contribution in [0.2, 0.25) is 0 Å². The van der Waals surface area contributed by atoms with E-state index in [1.54, 1.807) is 13.0 Å². The van der Waals surface area contributed by atoms with Crippen molar-refractivity contribution in [2.75, 3.05) is 13.6 Å². The maximum absolute atomic E-state index is 13.9. The average molecular weight is 375 g/mol. The molecule has 0 saturated heterocycles. The fourth-order valence-corrected chi connectivity index (χ4v) is 3.58. The third-order valence-corrected chi connectivity index (χ3v) is 5.29. The molecule has 2 nitrogen and oxygen atoms in total. The minimum absolute atomic E-state index is 0.138. The van der Waals surface area contributed by atoms with Crippen LogP contribution in [0.25, 0.3) is 0 Å². The fourth-order valence-electron chi connectivity index (χ4n) is 3.58. The Morgan fingerprint density at radius 1 is 1.33 bits per heavy atom. The number of nitrogens with zero attached hydrogens (tertiary/aromatic N) is 1. The van der Waals surface area contributed by atoms with Crippen molar-refractivity contribution in [2.24, 2.45) is 11.8 Å². The maximum Gasteiger partial charge on any atom is 0.109 e. The molecule has 3 heteroatoms. The molecule has 1 aliphatic rings. The summed E-state index contributed by atoms with van der Waals surface area (Å²) in [6.45, 7) is 21.2. The van der Waals surface area contributed by atoms with Gasteiger partial charge in [0, 0.05) is 30.9 Å². The maximum atomic E-state index is 13.9. The van der Waals surface area contributed by atoms with Crippen LogP contribution < -0.4 is 5.32 Å². The van der Waals surface area contributed by atoms with E-state index in [0.717, 1.165) is 25.1 Å². The molecule has 1 rings (SSSR count). The quantitative estimate of drug-likeness (QED) is 0.411. The van der Waals surface area contributed by atoms with Crippen molar-refractivity contribution in [1.29, 1.82) is 0 Å². The molecule has 0 spiro atoms. The zero-order valence-corrected chi connectivity index (χ0v) is 18.0. The predicted molar refractivity (Wildman–Crippen MR) is 117 cm³/mol. The second-order valence-electron chi connectivity index (χ2n) is 8.50. The lowest BCUT2D eigenvalue weighted by Crippen LogP contribution is -2.43. The van der Waals surface area contributed by atoms with Gasteiger partial charge in [0.1, 0.15) is 5.67 Å². The van der Waals surface area contributed by atoms with Gasteiger partial charge in [-0.05, 0) is 51.0 Å². The van der Waals surface area contributed by atoms with E-state index in [-0.39, 0.29) is 12.0 Å². The highest BCUT2D eigenvalue weighted by Gasteiger charge is 2.42. The summed E-state index contributed by atoms with van der Waals surface area (Å²) >= 11 is 0. The van der Waals surface area contributed by atoms with Crippen LogP contribution in [0.15, 0.2) is 61.0 Å². The van der Waals surface area contributed by atoms with Crippen molar-refractivity contribution in [3.05, 3.63) is 61.0 Å². The molecule has 0 bridgehead atoms. The molecule has 0 radical (unpaired) electrons. The van der Waals surface area contributed by atoms with Gasteiger partial charge in [0.15, 0.2) is 0 Å². The number of allylic oxidation sites excluding steroid dienone is 5. The summed E-state index contributed by atoms with van der Waals surface area (Å²) < 4.78 is 13.9. The Hall–Kier alpha value is -1.77. The lowest BCUT2D eigenvalue weighted by molar-refractivity contribution is 0.0392. The molecule has 1 unspecified atom stereocenters. The van der Waals surface area contributed by atoms with Gasteiger partial charge in [0.25, 0.3) is 0 Å². The number of rotatable bonds is 12. The molecular weight excluding hydrogens is 335 g/mol. The second-order valence-corrected chi connectivity index (χ2v) is 8.50. The molecule has 1 saturated carbocycles. The molecule has 0 aromatic carbocycles. The lowest BCUT2D eigenvalue weighted by Gasteiger charge is -2.41. The Morgan fingerprint density at radius 3 is 2.44 bits per heavy atom. The van der Waals surface area contributed by atoms with Crippen LogP contribution in [0.5, 0.6) is 0 Å². The van der Waals surface area contributed by atoms with Gasteiger partial charge in [0.2, 0.25) is 0 Å². The normalized spacial score (nSPS) is 23.8. The molecule has 27 heavy (non-hydrogen) atoms. The number of hydrogen-bond donors (Lipinski definition) is 1. The van der Waals surface area contributed by atoms with E-state index in [0.29, 0.717) is 18.8 Å². The number of nitrogens with one attached hydrogen (secondary N) is 1. The van der Waals surface area contributed by atoms with Crippen LogP contribution in [0.1, 0.15) is 53.4 Å². The molecule has 0 aromatic heterocycles. The van der Waals surface area contributed by atoms with Crippen LogP contribution in [0.4, 0.5) is 4.39 Å². The first-order valence-electron chi connectivity index (χ1n) is 10.1. The van der Waals surface area contributed by atoms with Crippen LogP contribution in [-0.4, -0.2) is 30.2 Å². The summed E-state index contributed by atoms with van der Waals surface area (Å²) in [6.07, 6.45) is 11.0. The van der Waals surface area contributed by atoms with Gasteiger partial charge in [-0.15, -0.1) is 0 Å². The predicted octanol–water partition coefficient (Wildman–Crippen LogP) is 6.17. The van der Waals surface area contributed by atoms with Gasteiger partial charge in [-0.25, -0.2) is 4.39 Å². The molecule has 0 aliphatic heterocycles. The van der Waals surface area contributed by atoms with Crippen LogP contribution in [0.3, 0.4) is 0 Å². The molecular formula is C24H39FN2. The SMILES string of the molecule is C=C/C=C\C(=C/C)C(CCN(C)C(=C)CC(C)C)NC(=C)C1CC(C)(F)C1. The molecule has 152 valence electrons. The van der Waals surface area contributed by atoms with Gasteiger partial charge in [-0.2, -0.15) is 0 Å². The Bertz CT molecular complexity index is 575. The first-order valence-corrected chi connectivity index (χ1v) is 10.1. The van der Waals surface area contributed by atoms with Gasteiger partial charge in [-0.1, -0.05) is 57.9 Å². The first-order chi connectivity index (χ1) is 12.6. The summed E-state index contributed by atoms with van der Waals surface area (Å²) in [5, 5.41) is 3.58. The van der Waals surface area contributed by atoms with E-state index >= 15 is 0 Å². The lowest BCUT2D eigenvalue weighted by atomic mass is 9.72. The fraction of sp³-hybridized carbons (Fsp3) is 0.583. The molecule has 1 N–H and O–H groups in total. The van der Waals surface area contributed by atoms with E-state index in [1.807, 2.05) is 13.0 Å². The summed E-state index contributed by atoms with van der Waals surface area (Å²) in [7, 11) is 2.10. The van der Waals surface area contributed by atoms with Crippen LogP contribution in [0, 0.1) is 11.8 Å². The summed E-state index contributed by atoms with van der Waals surface area (Å²) in [6, 6.07) is 0.138. The van der Waals surface area contributed by atoms with Crippen LogP contribution >= 0.6 is 0 Å². The third kappa shape index (κ3) is 7.78. The van der Waals surface area contributed by atoms with Crippen molar-refractivity contribution < 1.29 is 4.39 Å². The van der Waals surface area contributed by atoms with E-state index in [1.165, 1.54) is 11.3 Å². The number of hydrogen-bond acceptors (Lipinski definition) is 2. The van der Waals surface area contributed by atoms with Gasteiger partial charge < -0.3 is 10.2 Å². The van der Waals surface area contributed by atoms with Crippen molar-refractivity contribution in [3.8, 4) is 0 Å². The van der Waals surface area contributed by atoms with Gasteiger partial charge in [0.05, 0.1) is 6.04 Å². The van der Waals surface area contributed by atoms with Gasteiger partial charge in [-0.3, -0.25) is 0 Å². The van der Waals surface area contributed by atoms with Crippen molar-refractivity contribution in [1.82, 2.24) is 10.2 Å². The smallest absolute Gasteiger partial charge is 0.109 e. The molecule has 0 aromatic rings. The molecule has 1 fully saturated rings. The Labute approximate surface area is 166 Å². The molecule has 1 atom stereocenters.